The second-order valence-corrected chi connectivity index (χ2v) is 4.93. The highest BCUT2D eigenvalue weighted by Crippen LogP contribution is 2.26. The van der Waals surface area contributed by atoms with Gasteiger partial charge in [-0.15, -0.1) is 11.3 Å². The molecule has 0 aromatic carbocycles. The number of nitrogens with one attached hydrogen (secondary N) is 1. The van der Waals surface area contributed by atoms with Gasteiger partial charge in [0.1, 0.15) is 10.8 Å². The van der Waals surface area contributed by atoms with Crippen LogP contribution in [0.2, 0.25) is 0 Å². The molecule has 0 fully saturated rings. The summed E-state index contributed by atoms with van der Waals surface area (Å²) in [5, 5.41) is 6.39. The second-order valence-electron chi connectivity index (χ2n) is 4.00. The summed E-state index contributed by atoms with van der Waals surface area (Å²) in [5.74, 6) is 1.22. The Morgan fingerprint density at radius 1 is 1.42 bits per heavy atom. The van der Waals surface area contributed by atoms with Gasteiger partial charge < -0.3 is 15.8 Å². The highest BCUT2D eigenvalue weighted by atomic mass is 32.1. The molecular weight excluding hydrogens is 260 g/mol. The zero-order valence-electron chi connectivity index (χ0n) is 11.1. The van der Waals surface area contributed by atoms with E-state index in [0.29, 0.717) is 18.2 Å². The number of thiazole rings is 1. The maximum Gasteiger partial charge on any atom is 0.239 e. The number of pyridine rings is 1. The predicted octanol–water partition coefficient (Wildman–Crippen LogP) is 3.08. The van der Waals surface area contributed by atoms with Crippen LogP contribution in [0.4, 0.5) is 11.5 Å². The van der Waals surface area contributed by atoms with Crippen LogP contribution in [0.15, 0.2) is 23.7 Å². The van der Waals surface area contributed by atoms with Gasteiger partial charge in [0, 0.05) is 11.6 Å². The smallest absolute Gasteiger partial charge is 0.239 e. The molecule has 0 aliphatic rings. The summed E-state index contributed by atoms with van der Waals surface area (Å²) in [7, 11) is 0. The lowest BCUT2D eigenvalue weighted by atomic mass is 10.2. The minimum atomic E-state index is 0.158. The number of hydrogen-bond acceptors (Lipinski definition) is 6. The van der Waals surface area contributed by atoms with Crippen molar-refractivity contribution in [1.29, 1.82) is 0 Å². The summed E-state index contributed by atoms with van der Waals surface area (Å²) in [6.07, 6.45) is 2.75. The van der Waals surface area contributed by atoms with E-state index in [2.05, 4.69) is 22.2 Å². The summed E-state index contributed by atoms with van der Waals surface area (Å²) < 4.78 is 5.39. The van der Waals surface area contributed by atoms with Gasteiger partial charge in [0.15, 0.2) is 0 Å². The quantitative estimate of drug-likeness (QED) is 0.849. The zero-order valence-corrected chi connectivity index (χ0v) is 11.9. The molecule has 0 radical (unpaired) electrons. The van der Waals surface area contributed by atoms with E-state index in [1.54, 1.807) is 17.4 Å². The molecule has 102 valence electrons. The monoisotopic (exact) mass is 278 g/mol. The van der Waals surface area contributed by atoms with Gasteiger partial charge in [-0.1, -0.05) is 6.92 Å². The molecule has 6 heteroatoms. The van der Waals surface area contributed by atoms with Gasteiger partial charge in [-0.2, -0.15) is 4.98 Å². The Morgan fingerprint density at radius 3 is 2.89 bits per heavy atom. The van der Waals surface area contributed by atoms with Crippen LogP contribution < -0.4 is 15.8 Å². The van der Waals surface area contributed by atoms with Crippen molar-refractivity contribution >= 4 is 22.8 Å². The van der Waals surface area contributed by atoms with Gasteiger partial charge in [0.25, 0.3) is 0 Å². The van der Waals surface area contributed by atoms with E-state index < -0.39 is 0 Å². The van der Waals surface area contributed by atoms with Gasteiger partial charge in [0.05, 0.1) is 18.3 Å². The predicted molar refractivity (Wildman–Crippen MR) is 78.6 cm³/mol. The van der Waals surface area contributed by atoms with Crippen LogP contribution in [0, 0.1) is 0 Å². The van der Waals surface area contributed by atoms with Crippen LogP contribution in [0.3, 0.4) is 0 Å². The standard InChI is InChI=1S/C13H18N4OS/c1-3-10(13-15-7-8-19-13)16-11-6-5-9(14)12(17-11)18-4-2/h5-8,10H,3-4,14H2,1-2H3,(H,16,17). The van der Waals surface area contributed by atoms with Crippen molar-refractivity contribution in [1.82, 2.24) is 9.97 Å². The normalized spacial score (nSPS) is 12.1. The van der Waals surface area contributed by atoms with Gasteiger partial charge >= 0.3 is 0 Å². The molecule has 2 rings (SSSR count). The van der Waals surface area contributed by atoms with Crippen LogP contribution in [0.25, 0.3) is 0 Å². The van der Waals surface area contributed by atoms with E-state index in [4.69, 9.17) is 10.5 Å². The van der Waals surface area contributed by atoms with E-state index in [1.165, 1.54) is 0 Å². The van der Waals surface area contributed by atoms with E-state index in [1.807, 2.05) is 24.6 Å². The molecule has 0 saturated heterocycles. The Morgan fingerprint density at radius 2 is 2.26 bits per heavy atom. The van der Waals surface area contributed by atoms with E-state index in [0.717, 1.165) is 17.2 Å². The number of nitrogen functional groups attached to an aromatic ring is 1. The van der Waals surface area contributed by atoms with Crippen LogP contribution in [-0.4, -0.2) is 16.6 Å². The lowest BCUT2D eigenvalue weighted by molar-refractivity contribution is 0.329. The third kappa shape index (κ3) is 3.35. The number of anilines is 2. The number of nitrogens with zero attached hydrogens (tertiary/aromatic N) is 2. The van der Waals surface area contributed by atoms with Gasteiger partial charge in [0.2, 0.25) is 5.88 Å². The van der Waals surface area contributed by atoms with Crippen LogP contribution >= 0.6 is 11.3 Å². The van der Waals surface area contributed by atoms with Crippen molar-refractivity contribution in [2.75, 3.05) is 17.7 Å². The maximum absolute atomic E-state index is 5.81. The summed E-state index contributed by atoms with van der Waals surface area (Å²) in [6, 6.07) is 3.81. The summed E-state index contributed by atoms with van der Waals surface area (Å²) in [6.45, 7) is 4.57. The molecule has 19 heavy (non-hydrogen) atoms. The maximum atomic E-state index is 5.81. The Bertz CT molecular complexity index is 515. The lowest BCUT2D eigenvalue weighted by Crippen LogP contribution is -2.11. The van der Waals surface area contributed by atoms with E-state index in [-0.39, 0.29) is 6.04 Å². The number of aromatic nitrogens is 2. The summed E-state index contributed by atoms with van der Waals surface area (Å²) in [5.41, 5.74) is 6.36. The van der Waals surface area contributed by atoms with Crippen molar-refractivity contribution < 1.29 is 4.74 Å². The molecule has 2 aromatic heterocycles. The fourth-order valence-corrected chi connectivity index (χ4v) is 2.48. The first kappa shape index (κ1) is 13.6. The summed E-state index contributed by atoms with van der Waals surface area (Å²) in [4.78, 5) is 8.71. The minimum Gasteiger partial charge on any atom is -0.476 e. The molecule has 2 heterocycles. The first-order valence-corrected chi connectivity index (χ1v) is 7.17. The fourth-order valence-electron chi connectivity index (χ4n) is 1.71. The van der Waals surface area contributed by atoms with Gasteiger partial charge in [-0.05, 0) is 25.5 Å². The average molecular weight is 278 g/mol. The van der Waals surface area contributed by atoms with Crippen molar-refractivity contribution in [2.24, 2.45) is 0 Å². The molecule has 2 aromatic rings. The molecule has 3 N–H and O–H groups in total. The van der Waals surface area contributed by atoms with Crippen molar-refractivity contribution in [2.45, 2.75) is 26.3 Å². The molecular formula is C13H18N4OS. The Kier molecular flexibility index (Phi) is 4.57. The molecule has 0 aliphatic carbocycles. The SMILES string of the molecule is CCOc1nc(NC(CC)c2nccs2)ccc1N. The molecule has 0 amide bonds. The zero-order chi connectivity index (χ0) is 13.7. The van der Waals surface area contributed by atoms with Crippen LogP contribution in [-0.2, 0) is 0 Å². The third-order valence-corrected chi connectivity index (χ3v) is 3.54. The fraction of sp³-hybridized carbons (Fsp3) is 0.385. The highest BCUT2D eigenvalue weighted by Gasteiger charge is 2.13. The number of ether oxygens (including phenoxy) is 1. The summed E-state index contributed by atoms with van der Waals surface area (Å²) >= 11 is 1.64. The first-order chi connectivity index (χ1) is 9.24. The second kappa shape index (κ2) is 6.38. The number of hydrogen-bond donors (Lipinski definition) is 2. The lowest BCUT2D eigenvalue weighted by Gasteiger charge is -2.16. The highest BCUT2D eigenvalue weighted by molar-refractivity contribution is 7.09. The molecule has 1 atom stereocenters. The van der Waals surface area contributed by atoms with E-state index in [9.17, 15) is 0 Å². The molecule has 0 spiro atoms. The largest absolute Gasteiger partial charge is 0.476 e. The molecule has 5 nitrogen and oxygen atoms in total. The first-order valence-electron chi connectivity index (χ1n) is 6.29. The molecule has 0 saturated carbocycles. The van der Waals surface area contributed by atoms with Gasteiger partial charge in [-0.3, -0.25) is 0 Å². The average Bonchev–Trinajstić information content (AvgIpc) is 2.93. The Hall–Kier alpha value is -1.82. The number of nitrogens with two attached hydrogens (primary N) is 1. The molecule has 0 aliphatic heterocycles. The third-order valence-electron chi connectivity index (χ3n) is 2.65. The Balaban J connectivity index is 2.15. The van der Waals surface area contributed by atoms with Crippen molar-refractivity contribution in [3.63, 3.8) is 0 Å². The van der Waals surface area contributed by atoms with E-state index >= 15 is 0 Å². The molecule has 1 unspecified atom stereocenters. The Labute approximate surface area is 116 Å². The van der Waals surface area contributed by atoms with Gasteiger partial charge in [-0.25, -0.2) is 4.98 Å². The van der Waals surface area contributed by atoms with Crippen LogP contribution in [0.5, 0.6) is 5.88 Å². The number of rotatable bonds is 6. The topological polar surface area (TPSA) is 73.1 Å². The van der Waals surface area contributed by atoms with Crippen LogP contribution in [0.1, 0.15) is 31.3 Å². The van der Waals surface area contributed by atoms with Crippen molar-refractivity contribution in [3.05, 3.63) is 28.7 Å². The minimum absolute atomic E-state index is 0.158. The van der Waals surface area contributed by atoms with Crippen molar-refractivity contribution in [3.8, 4) is 5.88 Å². The molecule has 0 bridgehead atoms.